The summed E-state index contributed by atoms with van der Waals surface area (Å²) in [5, 5.41) is 16.2. The molecule has 1 aromatic carbocycles. The highest BCUT2D eigenvalue weighted by atomic mass is 35.5. The summed E-state index contributed by atoms with van der Waals surface area (Å²) in [4.78, 5) is 37.3. The molecule has 0 saturated carbocycles. The fraction of sp³-hybridized carbons (Fsp3) is 0.333. The first-order chi connectivity index (χ1) is 13.8. The van der Waals surface area contributed by atoms with Crippen molar-refractivity contribution in [3.63, 3.8) is 0 Å². The van der Waals surface area contributed by atoms with Crippen LogP contribution in [0.4, 0.5) is 4.79 Å². The molecule has 0 unspecified atom stereocenters. The van der Waals surface area contributed by atoms with E-state index in [2.05, 4.69) is 10.4 Å². The number of carbonyl (C=O) groups excluding carboxylic acids is 1. The lowest BCUT2D eigenvalue weighted by Crippen LogP contribution is -2.41. The zero-order valence-electron chi connectivity index (χ0n) is 15.4. The van der Waals surface area contributed by atoms with Crippen LogP contribution in [0.1, 0.15) is 23.3 Å². The lowest BCUT2D eigenvalue weighted by Gasteiger charge is -2.30. The summed E-state index contributed by atoms with van der Waals surface area (Å²) in [5.41, 5.74) is -0.247. The molecule has 9 nitrogen and oxygen atoms in total. The highest BCUT2D eigenvalue weighted by molar-refractivity contribution is 6.42. The Morgan fingerprint density at radius 3 is 2.48 bits per heavy atom. The summed E-state index contributed by atoms with van der Waals surface area (Å²) in [7, 11) is 1.44. The van der Waals surface area contributed by atoms with E-state index in [9.17, 15) is 14.4 Å². The largest absolute Gasteiger partial charge is 0.488 e. The number of benzene rings is 1. The van der Waals surface area contributed by atoms with Crippen molar-refractivity contribution in [1.29, 1.82) is 0 Å². The highest BCUT2D eigenvalue weighted by Gasteiger charge is 2.26. The molecular weight excluding hydrogens is 423 g/mol. The zero-order valence-corrected chi connectivity index (χ0v) is 16.9. The Morgan fingerprint density at radius 2 is 1.90 bits per heavy atom. The third-order valence-electron chi connectivity index (χ3n) is 4.49. The summed E-state index contributed by atoms with van der Waals surface area (Å²) in [5.74, 6) is -0.490. The number of nitrogens with one attached hydrogen (secondary N) is 1. The molecule has 3 rings (SSSR count). The molecule has 29 heavy (non-hydrogen) atoms. The van der Waals surface area contributed by atoms with Gasteiger partial charge in [-0.2, -0.15) is 9.78 Å². The first-order valence-electron chi connectivity index (χ1n) is 8.76. The maximum absolute atomic E-state index is 12.6. The molecule has 2 aromatic rings. The lowest BCUT2D eigenvalue weighted by atomic mass is 10.1. The first kappa shape index (κ1) is 20.9. The SMILES string of the molecule is CNC(=O)c1nn(-c2ccc(Cl)c(Cl)c2)c(=O)cc1OC1CCN(C(=O)O)CC1. The van der Waals surface area contributed by atoms with Crippen molar-refractivity contribution in [3.05, 3.63) is 50.4 Å². The minimum atomic E-state index is -0.986. The van der Waals surface area contributed by atoms with Gasteiger partial charge >= 0.3 is 6.09 Å². The number of carboxylic acid groups (broad SMARTS) is 1. The van der Waals surface area contributed by atoms with Gasteiger partial charge in [0.1, 0.15) is 6.10 Å². The molecule has 1 aliphatic heterocycles. The number of likely N-dealkylation sites (tertiary alicyclic amines) is 1. The number of halogens is 2. The number of nitrogens with zero attached hydrogens (tertiary/aromatic N) is 3. The predicted octanol–water partition coefficient (Wildman–Crippen LogP) is 2.42. The Bertz CT molecular complexity index is 1000. The van der Waals surface area contributed by atoms with Crippen molar-refractivity contribution in [2.24, 2.45) is 0 Å². The molecule has 0 bridgehead atoms. The van der Waals surface area contributed by atoms with E-state index in [1.807, 2.05) is 0 Å². The minimum absolute atomic E-state index is 0.0411. The molecule has 1 saturated heterocycles. The average Bonchev–Trinajstić information content (AvgIpc) is 2.70. The summed E-state index contributed by atoms with van der Waals surface area (Å²) >= 11 is 11.9. The Balaban J connectivity index is 1.92. The third-order valence-corrected chi connectivity index (χ3v) is 5.23. The van der Waals surface area contributed by atoms with Gasteiger partial charge in [0.2, 0.25) is 0 Å². The summed E-state index contributed by atoms with van der Waals surface area (Å²) in [6.07, 6.45) is -0.443. The van der Waals surface area contributed by atoms with Crippen molar-refractivity contribution in [2.45, 2.75) is 18.9 Å². The summed E-state index contributed by atoms with van der Waals surface area (Å²) in [6, 6.07) is 5.73. The molecule has 1 aliphatic rings. The van der Waals surface area contributed by atoms with Crippen LogP contribution in [-0.2, 0) is 0 Å². The molecule has 0 radical (unpaired) electrons. The van der Waals surface area contributed by atoms with Crippen LogP contribution in [-0.4, -0.2) is 58.0 Å². The highest BCUT2D eigenvalue weighted by Crippen LogP contribution is 2.25. The average molecular weight is 441 g/mol. The molecule has 2 heterocycles. The van der Waals surface area contributed by atoms with E-state index in [0.29, 0.717) is 36.6 Å². The van der Waals surface area contributed by atoms with Gasteiger partial charge in [-0.25, -0.2) is 4.79 Å². The number of ether oxygens (including phenoxy) is 1. The van der Waals surface area contributed by atoms with Crippen molar-refractivity contribution < 1.29 is 19.4 Å². The maximum atomic E-state index is 12.6. The van der Waals surface area contributed by atoms with Gasteiger partial charge in [-0.15, -0.1) is 0 Å². The first-order valence-corrected chi connectivity index (χ1v) is 9.52. The molecule has 2 N–H and O–H groups in total. The van der Waals surface area contributed by atoms with Gasteiger partial charge in [-0.3, -0.25) is 9.59 Å². The van der Waals surface area contributed by atoms with Crippen LogP contribution in [0.3, 0.4) is 0 Å². The van der Waals surface area contributed by atoms with Crippen LogP contribution >= 0.6 is 23.2 Å². The molecule has 1 aromatic heterocycles. The Hall–Kier alpha value is -2.78. The molecule has 2 amide bonds. The Labute approximate surface area is 175 Å². The quantitative estimate of drug-likeness (QED) is 0.754. The maximum Gasteiger partial charge on any atom is 0.407 e. The molecule has 11 heteroatoms. The van der Waals surface area contributed by atoms with E-state index in [-0.39, 0.29) is 22.6 Å². The van der Waals surface area contributed by atoms with Gasteiger partial charge in [0, 0.05) is 33.0 Å². The topological polar surface area (TPSA) is 114 Å². The van der Waals surface area contributed by atoms with E-state index >= 15 is 0 Å². The number of carbonyl (C=O) groups is 2. The smallest absolute Gasteiger partial charge is 0.407 e. The van der Waals surface area contributed by atoms with E-state index < -0.39 is 17.6 Å². The van der Waals surface area contributed by atoms with Crippen molar-refractivity contribution in [1.82, 2.24) is 20.0 Å². The summed E-state index contributed by atoms with van der Waals surface area (Å²) in [6.45, 7) is 0.617. The van der Waals surface area contributed by atoms with Gasteiger partial charge in [0.25, 0.3) is 11.5 Å². The van der Waals surface area contributed by atoms with Gasteiger partial charge in [0.05, 0.1) is 21.8 Å². The number of aromatic nitrogens is 2. The zero-order chi connectivity index (χ0) is 21.1. The van der Waals surface area contributed by atoms with E-state index in [1.165, 1.54) is 30.1 Å². The third kappa shape index (κ3) is 4.63. The van der Waals surface area contributed by atoms with Crippen LogP contribution in [0.5, 0.6) is 5.75 Å². The van der Waals surface area contributed by atoms with Gasteiger partial charge in [-0.05, 0) is 18.2 Å². The van der Waals surface area contributed by atoms with E-state index in [0.717, 1.165) is 4.68 Å². The van der Waals surface area contributed by atoms with Gasteiger partial charge in [-0.1, -0.05) is 23.2 Å². The standard InChI is InChI=1S/C18H18Cl2N4O5/c1-21-17(26)16-14(29-11-4-6-23(7-5-11)18(27)28)9-15(25)24(22-16)10-2-3-12(19)13(20)8-10/h2-3,8-9,11H,4-7H2,1H3,(H,21,26)(H,27,28). The second-order valence-corrected chi connectivity index (χ2v) is 7.19. The molecular formula is C18H18Cl2N4O5. The summed E-state index contributed by atoms with van der Waals surface area (Å²) < 4.78 is 6.88. The normalized spacial score (nSPS) is 14.5. The second kappa shape index (κ2) is 8.71. The van der Waals surface area contributed by atoms with Gasteiger partial charge in [0.15, 0.2) is 11.4 Å². The van der Waals surface area contributed by atoms with Crippen LogP contribution in [0.25, 0.3) is 5.69 Å². The lowest BCUT2D eigenvalue weighted by molar-refractivity contribution is 0.0859. The molecule has 1 fully saturated rings. The number of piperidine rings is 1. The van der Waals surface area contributed by atoms with Gasteiger partial charge < -0.3 is 20.1 Å². The minimum Gasteiger partial charge on any atom is -0.488 e. The molecule has 0 atom stereocenters. The molecule has 154 valence electrons. The van der Waals surface area contributed by atoms with Crippen molar-refractivity contribution in [2.75, 3.05) is 20.1 Å². The molecule has 0 aliphatic carbocycles. The van der Waals surface area contributed by atoms with Crippen LogP contribution in [0, 0.1) is 0 Å². The number of hydrogen-bond donors (Lipinski definition) is 2. The fourth-order valence-electron chi connectivity index (χ4n) is 2.95. The van der Waals surface area contributed by atoms with Crippen LogP contribution < -0.4 is 15.6 Å². The Kier molecular flexibility index (Phi) is 6.29. The van der Waals surface area contributed by atoms with Crippen molar-refractivity contribution in [3.8, 4) is 11.4 Å². The van der Waals surface area contributed by atoms with Crippen LogP contribution in [0.2, 0.25) is 10.0 Å². The second-order valence-electron chi connectivity index (χ2n) is 6.37. The van der Waals surface area contributed by atoms with Crippen LogP contribution in [0.15, 0.2) is 29.1 Å². The number of hydrogen-bond acceptors (Lipinski definition) is 5. The van der Waals surface area contributed by atoms with E-state index in [4.69, 9.17) is 33.0 Å². The van der Waals surface area contributed by atoms with Crippen molar-refractivity contribution >= 4 is 35.2 Å². The Morgan fingerprint density at radius 1 is 1.21 bits per heavy atom. The van der Waals surface area contributed by atoms with E-state index in [1.54, 1.807) is 6.07 Å². The molecule has 0 spiro atoms. The number of amides is 2. The monoisotopic (exact) mass is 440 g/mol. The predicted molar refractivity (Wildman–Crippen MR) is 106 cm³/mol. The number of rotatable bonds is 4. The fourth-order valence-corrected chi connectivity index (χ4v) is 3.24.